The Morgan fingerprint density at radius 1 is 1.29 bits per heavy atom. The molecule has 0 amide bonds. The summed E-state index contributed by atoms with van der Waals surface area (Å²) >= 11 is 0. The van der Waals surface area contributed by atoms with E-state index in [2.05, 4.69) is 47.9 Å². The number of aromatic nitrogens is 2. The number of aliphatic hydroxyl groups is 1. The van der Waals surface area contributed by atoms with Crippen LogP contribution in [0.15, 0.2) is 4.52 Å². The van der Waals surface area contributed by atoms with Gasteiger partial charge >= 0.3 is 0 Å². The van der Waals surface area contributed by atoms with Gasteiger partial charge in [0.2, 0.25) is 5.89 Å². The van der Waals surface area contributed by atoms with Gasteiger partial charge < -0.3 is 19.4 Å². The van der Waals surface area contributed by atoms with Crippen molar-refractivity contribution in [3.63, 3.8) is 0 Å². The number of hydrogen-bond donors (Lipinski definition) is 1. The van der Waals surface area contributed by atoms with Crippen molar-refractivity contribution in [1.82, 2.24) is 19.9 Å². The third kappa shape index (κ3) is 4.02. The molecule has 0 spiro atoms. The fourth-order valence-electron chi connectivity index (χ4n) is 3.07. The lowest BCUT2D eigenvalue weighted by atomic mass is 9.91. The summed E-state index contributed by atoms with van der Waals surface area (Å²) in [5.41, 5.74) is 0. The zero-order chi connectivity index (χ0) is 15.6. The molecule has 0 bridgehead atoms. The topological polar surface area (TPSA) is 65.6 Å². The van der Waals surface area contributed by atoms with Gasteiger partial charge in [-0.05, 0) is 26.9 Å². The predicted molar refractivity (Wildman–Crippen MR) is 81.2 cm³/mol. The molecule has 6 nitrogen and oxygen atoms in total. The molecule has 120 valence electrons. The first-order chi connectivity index (χ1) is 9.88. The van der Waals surface area contributed by atoms with Gasteiger partial charge in [0.05, 0.1) is 12.0 Å². The molecule has 21 heavy (non-hydrogen) atoms. The van der Waals surface area contributed by atoms with Crippen LogP contribution >= 0.6 is 0 Å². The Morgan fingerprint density at radius 3 is 2.62 bits per heavy atom. The average molecular weight is 296 g/mol. The standard InChI is InChI=1S/C15H28N4O2/c1-10(2)14(11(3)20)15-16-13(17-21-15)8-12-9-18(4)6-7-19(12)5/h10-12,14,20H,6-9H2,1-5H3. The molecular weight excluding hydrogens is 268 g/mol. The number of piperazine rings is 1. The van der Waals surface area contributed by atoms with Gasteiger partial charge in [0, 0.05) is 32.1 Å². The summed E-state index contributed by atoms with van der Waals surface area (Å²) in [6, 6.07) is 0.415. The molecule has 2 heterocycles. The van der Waals surface area contributed by atoms with Crippen molar-refractivity contribution in [2.75, 3.05) is 33.7 Å². The Balaban J connectivity index is 2.05. The van der Waals surface area contributed by atoms with E-state index in [1.807, 2.05) is 0 Å². The zero-order valence-electron chi connectivity index (χ0n) is 13.8. The lowest BCUT2D eigenvalue weighted by molar-refractivity contribution is 0.112. The highest BCUT2D eigenvalue weighted by Gasteiger charge is 2.29. The normalized spacial score (nSPS) is 24.4. The molecule has 6 heteroatoms. The largest absolute Gasteiger partial charge is 0.393 e. The Hall–Kier alpha value is -0.980. The quantitative estimate of drug-likeness (QED) is 0.874. The Bertz CT molecular complexity index is 439. The highest BCUT2D eigenvalue weighted by Crippen LogP contribution is 2.26. The van der Waals surface area contributed by atoms with E-state index in [1.165, 1.54) is 0 Å². The van der Waals surface area contributed by atoms with Crippen molar-refractivity contribution in [2.45, 2.75) is 45.3 Å². The summed E-state index contributed by atoms with van der Waals surface area (Å²) in [6.45, 7) is 9.08. The number of likely N-dealkylation sites (N-methyl/N-ethyl adjacent to an activating group) is 2. The summed E-state index contributed by atoms with van der Waals surface area (Å²) in [7, 11) is 4.29. The maximum absolute atomic E-state index is 9.90. The van der Waals surface area contributed by atoms with Crippen molar-refractivity contribution >= 4 is 0 Å². The molecule has 0 radical (unpaired) electrons. The monoisotopic (exact) mass is 296 g/mol. The van der Waals surface area contributed by atoms with Gasteiger partial charge in [0.15, 0.2) is 5.82 Å². The molecule has 1 aromatic rings. The number of rotatable bonds is 5. The van der Waals surface area contributed by atoms with Crippen LogP contribution < -0.4 is 0 Å². The van der Waals surface area contributed by atoms with Crippen molar-refractivity contribution in [2.24, 2.45) is 5.92 Å². The lowest BCUT2D eigenvalue weighted by Crippen LogP contribution is -2.50. The zero-order valence-corrected chi connectivity index (χ0v) is 13.8. The Kier molecular flexibility index (Phi) is 5.35. The molecule has 3 atom stereocenters. The van der Waals surface area contributed by atoms with Crippen LogP contribution in [0.3, 0.4) is 0 Å². The van der Waals surface area contributed by atoms with Gasteiger partial charge in [-0.3, -0.25) is 0 Å². The van der Waals surface area contributed by atoms with Crippen LogP contribution in [-0.4, -0.2) is 70.9 Å². The van der Waals surface area contributed by atoms with Crippen LogP contribution in [0.2, 0.25) is 0 Å². The van der Waals surface area contributed by atoms with Gasteiger partial charge in [-0.1, -0.05) is 19.0 Å². The summed E-state index contributed by atoms with van der Waals surface area (Å²) in [5, 5.41) is 14.0. The predicted octanol–water partition coefficient (Wildman–Crippen LogP) is 0.978. The van der Waals surface area contributed by atoms with Crippen LogP contribution in [0.1, 0.15) is 38.4 Å². The molecule has 1 fully saturated rings. The highest BCUT2D eigenvalue weighted by molar-refractivity contribution is 5.00. The molecule has 1 saturated heterocycles. The highest BCUT2D eigenvalue weighted by atomic mass is 16.5. The van der Waals surface area contributed by atoms with Crippen LogP contribution in [0.25, 0.3) is 0 Å². The van der Waals surface area contributed by atoms with E-state index in [-0.39, 0.29) is 11.8 Å². The van der Waals surface area contributed by atoms with E-state index >= 15 is 0 Å². The van der Waals surface area contributed by atoms with Gasteiger partial charge in [-0.25, -0.2) is 0 Å². The second kappa shape index (κ2) is 6.85. The average Bonchev–Trinajstić information content (AvgIpc) is 2.81. The van der Waals surface area contributed by atoms with Crippen molar-refractivity contribution < 1.29 is 9.63 Å². The molecule has 1 N–H and O–H groups in total. The number of aliphatic hydroxyl groups excluding tert-OH is 1. The van der Waals surface area contributed by atoms with E-state index in [9.17, 15) is 5.11 Å². The van der Waals surface area contributed by atoms with E-state index in [1.54, 1.807) is 6.92 Å². The molecule has 0 aliphatic carbocycles. The first kappa shape index (κ1) is 16.4. The van der Waals surface area contributed by atoms with Gasteiger partial charge in [-0.15, -0.1) is 0 Å². The second-order valence-corrected chi connectivity index (χ2v) is 6.66. The summed E-state index contributed by atoms with van der Waals surface area (Å²) < 4.78 is 5.40. The van der Waals surface area contributed by atoms with Crippen LogP contribution in [0.5, 0.6) is 0 Å². The first-order valence-corrected chi connectivity index (χ1v) is 7.77. The van der Waals surface area contributed by atoms with Crippen LogP contribution in [0.4, 0.5) is 0 Å². The third-order valence-electron chi connectivity index (χ3n) is 4.41. The fourth-order valence-corrected chi connectivity index (χ4v) is 3.07. The van der Waals surface area contributed by atoms with Crippen molar-refractivity contribution in [1.29, 1.82) is 0 Å². The summed E-state index contributed by atoms with van der Waals surface area (Å²) in [5.74, 6) is 1.46. The number of nitrogens with zero attached hydrogens (tertiary/aromatic N) is 4. The van der Waals surface area contributed by atoms with Crippen LogP contribution in [-0.2, 0) is 6.42 Å². The van der Waals surface area contributed by atoms with Gasteiger partial charge in [0.1, 0.15) is 0 Å². The van der Waals surface area contributed by atoms with Gasteiger partial charge in [0.25, 0.3) is 0 Å². The fraction of sp³-hybridized carbons (Fsp3) is 0.867. The molecule has 3 unspecified atom stereocenters. The van der Waals surface area contributed by atoms with E-state index in [0.29, 0.717) is 11.9 Å². The van der Waals surface area contributed by atoms with E-state index in [4.69, 9.17) is 4.52 Å². The summed E-state index contributed by atoms with van der Waals surface area (Å²) in [4.78, 5) is 9.21. The maximum Gasteiger partial charge on any atom is 0.232 e. The van der Waals surface area contributed by atoms with Gasteiger partial charge in [-0.2, -0.15) is 4.98 Å². The molecule has 0 saturated carbocycles. The van der Waals surface area contributed by atoms with Crippen molar-refractivity contribution in [3.8, 4) is 0 Å². The minimum absolute atomic E-state index is 0.0991. The Labute approximate surface area is 127 Å². The first-order valence-electron chi connectivity index (χ1n) is 7.77. The van der Waals surface area contributed by atoms with E-state index in [0.717, 1.165) is 31.9 Å². The molecule has 0 aromatic carbocycles. The smallest absolute Gasteiger partial charge is 0.232 e. The Morgan fingerprint density at radius 2 is 2.00 bits per heavy atom. The summed E-state index contributed by atoms with van der Waals surface area (Å²) in [6.07, 6.45) is 0.302. The lowest BCUT2D eigenvalue weighted by Gasteiger charge is -2.37. The van der Waals surface area contributed by atoms with E-state index < -0.39 is 6.10 Å². The SMILES string of the molecule is CC(C)C(c1nc(CC2CN(C)CCN2C)no1)C(C)O. The van der Waals surface area contributed by atoms with Crippen LogP contribution in [0, 0.1) is 5.92 Å². The molecule has 1 aliphatic rings. The number of hydrogen-bond acceptors (Lipinski definition) is 6. The molecule has 1 aliphatic heterocycles. The third-order valence-corrected chi connectivity index (χ3v) is 4.41. The molecular formula is C15H28N4O2. The minimum atomic E-state index is -0.484. The maximum atomic E-state index is 9.90. The second-order valence-electron chi connectivity index (χ2n) is 6.66. The molecule has 2 rings (SSSR count). The van der Waals surface area contributed by atoms with Crippen molar-refractivity contribution in [3.05, 3.63) is 11.7 Å². The molecule has 1 aromatic heterocycles. The minimum Gasteiger partial charge on any atom is -0.393 e.